The van der Waals surface area contributed by atoms with Gasteiger partial charge < -0.3 is 14.6 Å². The van der Waals surface area contributed by atoms with Gasteiger partial charge in [0.15, 0.2) is 12.4 Å². The molecule has 0 aliphatic carbocycles. The van der Waals surface area contributed by atoms with E-state index < -0.39 is 24.3 Å². The lowest BCUT2D eigenvalue weighted by molar-refractivity contribution is -0.141. The van der Waals surface area contributed by atoms with Crippen LogP contribution in [0.4, 0.5) is 19.0 Å². The van der Waals surface area contributed by atoms with Gasteiger partial charge in [-0.1, -0.05) is 115 Å². The minimum atomic E-state index is -4.46. The van der Waals surface area contributed by atoms with E-state index in [1.54, 1.807) is 18.2 Å². The van der Waals surface area contributed by atoms with Gasteiger partial charge in [-0.05, 0) is 40.5 Å². The van der Waals surface area contributed by atoms with Crippen molar-refractivity contribution in [1.29, 1.82) is 0 Å². The number of benzene rings is 5. The van der Waals surface area contributed by atoms with Crippen LogP contribution in [0.5, 0.6) is 0 Å². The quantitative estimate of drug-likeness (QED) is 0.114. The number of carbonyl (C=O) groups excluding carboxylic acids is 2. The zero-order valence-electron chi connectivity index (χ0n) is 25.3. The molecule has 47 heavy (non-hydrogen) atoms. The minimum absolute atomic E-state index is 0.0918. The largest absolute Gasteiger partial charge is 0.457 e. The molecule has 0 aliphatic heterocycles. The smallest absolute Gasteiger partial charge is 0.416 e. The first-order valence-corrected chi connectivity index (χ1v) is 15.1. The molecule has 0 unspecified atom stereocenters. The number of Topliss-reactive ketones (excluding diaryl/α,β-unsaturated/α-hetero) is 1. The third kappa shape index (κ3) is 7.44. The Balaban J connectivity index is 1.24. The van der Waals surface area contributed by atoms with Crippen LogP contribution in [-0.4, -0.2) is 22.9 Å². The summed E-state index contributed by atoms with van der Waals surface area (Å²) in [7, 11) is 0. The van der Waals surface area contributed by atoms with E-state index in [0.29, 0.717) is 29.1 Å². The van der Waals surface area contributed by atoms with E-state index in [2.05, 4.69) is 5.32 Å². The summed E-state index contributed by atoms with van der Waals surface area (Å²) in [5.41, 5.74) is 4.62. The molecule has 236 valence electrons. The third-order valence-corrected chi connectivity index (χ3v) is 7.97. The molecule has 0 fully saturated rings. The molecule has 1 aromatic heterocycles. The second-order valence-electron chi connectivity index (χ2n) is 11.2. The molecule has 0 amide bonds. The molecule has 0 saturated heterocycles. The summed E-state index contributed by atoms with van der Waals surface area (Å²) in [6, 6.07) is 39.4. The molecule has 0 aliphatic rings. The highest BCUT2D eigenvalue weighted by atomic mass is 19.4. The van der Waals surface area contributed by atoms with Crippen LogP contribution in [0, 0.1) is 0 Å². The predicted molar refractivity (Wildman–Crippen MR) is 177 cm³/mol. The normalized spacial score (nSPS) is 11.4. The van der Waals surface area contributed by atoms with Crippen LogP contribution in [-0.2, 0) is 35.2 Å². The van der Waals surface area contributed by atoms with Gasteiger partial charge in [0.1, 0.15) is 5.82 Å². The SMILES string of the molecule is O=C(Cc1c(NCc2cccc(C(F)(F)F)c2)n(Cc2ccccc2)c2ccccc12)OCC(=O)c1ccc(-c2ccccc2)cc1. The lowest BCUT2D eigenvalue weighted by Gasteiger charge is -2.16. The number of carbonyl (C=O) groups is 2. The Morgan fingerprint density at radius 2 is 1.34 bits per heavy atom. The van der Waals surface area contributed by atoms with Crippen LogP contribution in [0.15, 0.2) is 133 Å². The number of hydrogen-bond acceptors (Lipinski definition) is 4. The fraction of sp³-hybridized carbons (Fsp3) is 0.128. The van der Waals surface area contributed by atoms with Crippen LogP contribution < -0.4 is 5.32 Å². The summed E-state index contributed by atoms with van der Waals surface area (Å²) in [5, 5.41) is 4.12. The Labute approximate surface area is 270 Å². The standard InChI is InChI=1S/C39H31F3N2O3/c40-39(41,42)32-15-9-12-28(22-32)24-43-38-34(33-16-7-8-17-35(33)44(38)25-27-10-3-1-4-11-27)23-37(46)47-26-36(45)31-20-18-30(19-21-31)29-13-5-2-6-14-29/h1-22,43H,23-26H2. The van der Waals surface area contributed by atoms with Crippen LogP contribution in [0.25, 0.3) is 22.0 Å². The number of ether oxygens (including phenoxy) is 1. The van der Waals surface area contributed by atoms with Crippen molar-refractivity contribution in [3.05, 3.63) is 161 Å². The van der Waals surface area contributed by atoms with Crippen LogP contribution in [0.1, 0.15) is 32.6 Å². The maximum atomic E-state index is 13.4. The highest BCUT2D eigenvalue weighted by Crippen LogP contribution is 2.34. The second kappa shape index (κ2) is 13.8. The molecule has 0 spiro atoms. The number of rotatable bonds is 11. The van der Waals surface area contributed by atoms with Gasteiger partial charge in [0, 0.05) is 29.6 Å². The number of nitrogens with zero attached hydrogens (tertiary/aromatic N) is 1. The third-order valence-electron chi connectivity index (χ3n) is 7.97. The molecular weight excluding hydrogens is 601 g/mol. The van der Waals surface area contributed by atoms with E-state index in [0.717, 1.165) is 39.7 Å². The highest BCUT2D eigenvalue weighted by molar-refractivity contribution is 5.99. The first kappa shape index (κ1) is 31.4. The van der Waals surface area contributed by atoms with Gasteiger partial charge in [-0.15, -0.1) is 0 Å². The van der Waals surface area contributed by atoms with Crippen molar-refractivity contribution in [2.45, 2.75) is 25.7 Å². The van der Waals surface area contributed by atoms with Gasteiger partial charge in [0.2, 0.25) is 0 Å². The number of anilines is 1. The van der Waals surface area contributed by atoms with Gasteiger partial charge >= 0.3 is 12.1 Å². The van der Waals surface area contributed by atoms with Crippen molar-refractivity contribution in [2.75, 3.05) is 11.9 Å². The van der Waals surface area contributed by atoms with E-state index in [4.69, 9.17) is 4.74 Å². The Morgan fingerprint density at radius 3 is 2.06 bits per heavy atom. The highest BCUT2D eigenvalue weighted by Gasteiger charge is 2.30. The van der Waals surface area contributed by atoms with E-state index in [9.17, 15) is 22.8 Å². The van der Waals surface area contributed by atoms with Crippen LogP contribution in [0.3, 0.4) is 0 Å². The average molecular weight is 633 g/mol. The Bertz CT molecular complexity index is 2000. The van der Waals surface area contributed by atoms with Crippen molar-refractivity contribution in [3.63, 3.8) is 0 Å². The number of para-hydroxylation sites is 1. The number of alkyl halides is 3. The maximum Gasteiger partial charge on any atom is 0.416 e. The predicted octanol–water partition coefficient (Wildman–Crippen LogP) is 8.96. The molecule has 5 aromatic carbocycles. The van der Waals surface area contributed by atoms with Crippen molar-refractivity contribution in [1.82, 2.24) is 4.57 Å². The van der Waals surface area contributed by atoms with Crippen molar-refractivity contribution < 1.29 is 27.5 Å². The van der Waals surface area contributed by atoms with Gasteiger partial charge in [-0.25, -0.2) is 0 Å². The molecule has 6 rings (SSSR count). The lowest BCUT2D eigenvalue weighted by atomic mass is 10.0. The molecular formula is C39H31F3N2O3. The first-order chi connectivity index (χ1) is 22.8. The summed E-state index contributed by atoms with van der Waals surface area (Å²) in [4.78, 5) is 26.2. The fourth-order valence-electron chi connectivity index (χ4n) is 5.63. The van der Waals surface area contributed by atoms with Crippen molar-refractivity contribution in [2.24, 2.45) is 0 Å². The van der Waals surface area contributed by atoms with Gasteiger partial charge in [-0.3, -0.25) is 9.59 Å². The maximum absolute atomic E-state index is 13.4. The van der Waals surface area contributed by atoms with Crippen LogP contribution in [0.2, 0.25) is 0 Å². The minimum Gasteiger partial charge on any atom is -0.457 e. The van der Waals surface area contributed by atoms with E-state index in [1.807, 2.05) is 102 Å². The van der Waals surface area contributed by atoms with E-state index in [-0.39, 0.29) is 18.7 Å². The number of fused-ring (bicyclic) bond motifs is 1. The zero-order valence-corrected chi connectivity index (χ0v) is 25.3. The summed E-state index contributed by atoms with van der Waals surface area (Å²) < 4.78 is 47.7. The van der Waals surface area contributed by atoms with E-state index >= 15 is 0 Å². The molecule has 0 saturated carbocycles. The number of esters is 1. The summed E-state index contributed by atoms with van der Waals surface area (Å²) in [6.45, 7) is 0.131. The monoisotopic (exact) mass is 632 g/mol. The molecule has 0 radical (unpaired) electrons. The molecule has 0 bridgehead atoms. The molecule has 5 nitrogen and oxygen atoms in total. The number of hydrogen-bond donors (Lipinski definition) is 1. The van der Waals surface area contributed by atoms with Crippen molar-refractivity contribution in [3.8, 4) is 11.1 Å². The Morgan fingerprint density at radius 1 is 0.702 bits per heavy atom. The number of ketones is 1. The van der Waals surface area contributed by atoms with Gasteiger partial charge in [0.25, 0.3) is 0 Å². The van der Waals surface area contributed by atoms with Gasteiger partial charge in [0.05, 0.1) is 17.5 Å². The topological polar surface area (TPSA) is 60.3 Å². The fourth-order valence-corrected chi connectivity index (χ4v) is 5.63. The Kier molecular flexibility index (Phi) is 9.20. The number of nitrogens with one attached hydrogen (secondary N) is 1. The number of aromatic nitrogens is 1. The van der Waals surface area contributed by atoms with E-state index in [1.165, 1.54) is 6.07 Å². The summed E-state index contributed by atoms with van der Waals surface area (Å²) >= 11 is 0. The summed E-state index contributed by atoms with van der Waals surface area (Å²) in [6.07, 6.45) is -4.61. The second-order valence-corrected chi connectivity index (χ2v) is 11.2. The Hall–Kier alpha value is -5.63. The molecule has 0 atom stereocenters. The van der Waals surface area contributed by atoms with Gasteiger partial charge in [-0.2, -0.15) is 13.2 Å². The van der Waals surface area contributed by atoms with Crippen LogP contribution >= 0.6 is 0 Å². The molecule has 8 heteroatoms. The molecule has 1 heterocycles. The molecule has 1 N–H and O–H groups in total. The molecule has 6 aromatic rings. The zero-order chi connectivity index (χ0) is 32.8. The first-order valence-electron chi connectivity index (χ1n) is 15.1. The number of halogens is 3. The van der Waals surface area contributed by atoms with Crippen molar-refractivity contribution >= 4 is 28.5 Å². The average Bonchev–Trinajstić information content (AvgIpc) is 3.38. The lowest BCUT2D eigenvalue weighted by Crippen LogP contribution is -2.17. The summed E-state index contributed by atoms with van der Waals surface area (Å²) in [5.74, 6) is -0.330.